The molecule has 5 rings (SSSR count). The fraction of sp³-hybridized carbons (Fsp3) is 0.300. The van der Waals surface area contributed by atoms with Crippen LogP contribution in [-0.4, -0.2) is 71.3 Å². The SMILES string of the molecule is C/C(=C/CNc1ncnc2nc[nH]c12)CO.CC1=CCNOC1.Clc1ncnc2nc[nH]c12. The van der Waals surface area contributed by atoms with Gasteiger partial charge in [0.15, 0.2) is 22.3 Å². The Morgan fingerprint density at radius 2 is 1.79 bits per heavy atom. The molecule has 5 N–H and O–H groups in total. The van der Waals surface area contributed by atoms with Crippen molar-refractivity contribution in [3.8, 4) is 0 Å². The van der Waals surface area contributed by atoms with Gasteiger partial charge in [0.1, 0.15) is 23.7 Å². The number of hydroxylamine groups is 1. The highest BCUT2D eigenvalue weighted by molar-refractivity contribution is 6.33. The second-order valence-electron chi connectivity index (χ2n) is 6.87. The van der Waals surface area contributed by atoms with Crippen molar-refractivity contribution in [3.05, 3.63) is 53.8 Å². The van der Waals surface area contributed by atoms with Crippen molar-refractivity contribution in [2.75, 3.05) is 31.6 Å². The number of aromatic amines is 2. The topological polar surface area (TPSA) is 162 Å². The van der Waals surface area contributed by atoms with Crippen molar-refractivity contribution >= 4 is 39.7 Å². The van der Waals surface area contributed by atoms with Crippen LogP contribution in [0.2, 0.25) is 5.15 Å². The number of aliphatic hydroxyl groups excluding tert-OH is 1. The molecule has 0 fully saturated rings. The molecule has 0 amide bonds. The van der Waals surface area contributed by atoms with Gasteiger partial charge in [-0.3, -0.25) is 4.84 Å². The smallest absolute Gasteiger partial charge is 0.182 e. The third-order valence-corrected chi connectivity index (χ3v) is 4.59. The zero-order valence-corrected chi connectivity index (χ0v) is 19.0. The van der Waals surface area contributed by atoms with Gasteiger partial charge in [0, 0.05) is 13.1 Å². The molecule has 33 heavy (non-hydrogen) atoms. The van der Waals surface area contributed by atoms with Gasteiger partial charge in [-0.2, -0.15) is 5.48 Å². The van der Waals surface area contributed by atoms with Gasteiger partial charge in [-0.25, -0.2) is 29.9 Å². The summed E-state index contributed by atoms with van der Waals surface area (Å²) in [5.41, 5.74) is 7.67. The predicted octanol–water partition coefficient (Wildman–Crippen LogP) is 2.18. The first kappa shape index (κ1) is 24.2. The van der Waals surface area contributed by atoms with E-state index in [1.807, 2.05) is 13.0 Å². The average Bonchev–Trinajstić information content (AvgIpc) is 3.51. The molecular formula is C20H25ClN10O2. The van der Waals surface area contributed by atoms with Gasteiger partial charge in [0.05, 0.1) is 25.9 Å². The number of hydrogen-bond acceptors (Lipinski definition) is 10. The van der Waals surface area contributed by atoms with E-state index in [2.05, 4.69) is 63.7 Å². The van der Waals surface area contributed by atoms with Gasteiger partial charge in [0.25, 0.3) is 0 Å². The van der Waals surface area contributed by atoms with Crippen molar-refractivity contribution in [2.24, 2.45) is 0 Å². The number of aromatic nitrogens is 8. The summed E-state index contributed by atoms with van der Waals surface area (Å²) in [4.78, 5) is 34.3. The summed E-state index contributed by atoms with van der Waals surface area (Å²) in [7, 11) is 0. The molecule has 0 atom stereocenters. The zero-order valence-electron chi connectivity index (χ0n) is 18.2. The van der Waals surface area contributed by atoms with E-state index in [0.29, 0.717) is 34.3 Å². The Balaban J connectivity index is 0.000000153. The number of imidazole rings is 2. The van der Waals surface area contributed by atoms with E-state index in [1.165, 1.54) is 24.6 Å². The quantitative estimate of drug-likeness (QED) is 0.220. The minimum Gasteiger partial charge on any atom is -0.392 e. The monoisotopic (exact) mass is 472 g/mol. The van der Waals surface area contributed by atoms with Crippen LogP contribution >= 0.6 is 11.6 Å². The van der Waals surface area contributed by atoms with Gasteiger partial charge in [-0.15, -0.1) is 0 Å². The maximum absolute atomic E-state index is 8.83. The maximum atomic E-state index is 8.83. The fourth-order valence-electron chi connectivity index (χ4n) is 2.52. The molecule has 4 aromatic heterocycles. The second kappa shape index (κ2) is 12.6. The second-order valence-corrected chi connectivity index (χ2v) is 7.22. The lowest BCUT2D eigenvalue weighted by atomic mass is 10.3. The van der Waals surface area contributed by atoms with Crippen molar-refractivity contribution in [1.29, 1.82) is 0 Å². The first-order valence-electron chi connectivity index (χ1n) is 10.0. The van der Waals surface area contributed by atoms with E-state index in [4.69, 9.17) is 21.5 Å². The molecule has 12 nitrogen and oxygen atoms in total. The summed E-state index contributed by atoms with van der Waals surface area (Å²) in [6, 6.07) is 0. The summed E-state index contributed by atoms with van der Waals surface area (Å²) in [5.74, 6) is 0.712. The molecule has 0 aliphatic carbocycles. The molecule has 5 heterocycles. The Labute approximate surface area is 194 Å². The summed E-state index contributed by atoms with van der Waals surface area (Å²) < 4.78 is 0. The average molecular weight is 473 g/mol. The van der Waals surface area contributed by atoms with Gasteiger partial charge >= 0.3 is 0 Å². The van der Waals surface area contributed by atoms with Crippen LogP contribution in [0.15, 0.2) is 48.6 Å². The van der Waals surface area contributed by atoms with Crippen LogP contribution in [0, 0.1) is 0 Å². The predicted molar refractivity (Wildman–Crippen MR) is 125 cm³/mol. The molecule has 4 aromatic rings. The number of rotatable bonds is 4. The number of hydrogen-bond donors (Lipinski definition) is 5. The molecular weight excluding hydrogens is 448 g/mol. The number of fused-ring (bicyclic) bond motifs is 2. The molecule has 174 valence electrons. The Morgan fingerprint density at radius 3 is 2.39 bits per heavy atom. The minimum absolute atomic E-state index is 0.0743. The van der Waals surface area contributed by atoms with Crippen molar-refractivity contribution in [1.82, 2.24) is 45.4 Å². The summed E-state index contributed by atoms with van der Waals surface area (Å²) >= 11 is 5.68. The van der Waals surface area contributed by atoms with E-state index >= 15 is 0 Å². The number of H-pyrrole nitrogens is 2. The molecule has 0 bridgehead atoms. The Morgan fingerprint density at radius 1 is 1.09 bits per heavy atom. The molecule has 0 aromatic carbocycles. The van der Waals surface area contributed by atoms with Crippen molar-refractivity contribution < 1.29 is 9.94 Å². The molecule has 0 saturated carbocycles. The molecule has 1 aliphatic heterocycles. The first-order valence-corrected chi connectivity index (χ1v) is 10.4. The molecule has 0 spiro atoms. The molecule has 13 heteroatoms. The van der Waals surface area contributed by atoms with Crippen molar-refractivity contribution in [3.63, 3.8) is 0 Å². The fourth-order valence-corrected chi connectivity index (χ4v) is 2.70. The Hall–Kier alpha value is -3.45. The number of nitrogens with one attached hydrogen (secondary N) is 4. The van der Waals surface area contributed by atoms with Gasteiger partial charge in [0.2, 0.25) is 0 Å². The summed E-state index contributed by atoms with van der Waals surface area (Å²) in [5, 5.41) is 12.4. The van der Waals surface area contributed by atoms with E-state index in [0.717, 1.165) is 24.2 Å². The van der Waals surface area contributed by atoms with Crippen LogP contribution in [0.3, 0.4) is 0 Å². The van der Waals surface area contributed by atoms with Gasteiger partial charge < -0.3 is 20.4 Å². The Kier molecular flexibility index (Phi) is 9.20. The van der Waals surface area contributed by atoms with Crippen LogP contribution in [0.4, 0.5) is 5.82 Å². The largest absolute Gasteiger partial charge is 0.392 e. The van der Waals surface area contributed by atoms with Crippen LogP contribution < -0.4 is 10.8 Å². The van der Waals surface area contributed by atoms with E-state index < -0.39 is 0 Å². The lowest BCUT2D eigenvalue weighted by Crippen LogP contribution is -2.20. The van der Waals surface area contributed by atoms with E-state index in [9.17, 15) is 0 Å². The molecule has 0 unspecified atom stereocenters. The number of halogens is 1. The molecule has 0 saturated heterocycles. The first-order chi connectivity index (χ1) is 16.1. The van der Waals surface area contributed by atoms with Crippen LogP contribution in [0.1, 0.15) is 13.8 Å². The zero-order chi connectivity index (χ0) is 23.5. The maximum Gasteiger partial charge on any atom is 0.182 e. The van der Waals surface area contributed by atoms with Crippen molar-refractivity contribution in [2.45, 2.75) is 13.8 Å². The normalized spacial score (nSPS) is 13.6. The number of anilines is 1. The molecule has 1 aliphatic rings. The third kappa shape index (κ3) is 7.29. The lowest BCUT2D eigenvalue weighted by molar-refractivity contribution is 0.0567. The Bertz CT molecular complexity index is 1220. The highest BCUT2D eigenvalue weighted by atomic mass is 35.5. The summed E-state index contributed by atoms with van der Waals surface area (Å²) in [6.07, 6.45) is 9.98. The highest BCUT2D eigenvalue weighted by Gasteiger charge is 2.03. The third-order valence-electron chi connectivity index (χ3n) is 4.30. The number of aliphatic hydroxyl groups is 1. The minimum atomic E-state index is 0.0743. The highest BCUT2D eigenvalue weighted by Crippen LogP contribution is 2.14. The van der Waals surface area contributed by atoms with Crippen LogP contribution in [0.5, 0.6) is 0 Å². The molecule has 0 radical (unpaired) electrons. The van der Waals surface area contributed by atoms with Crippen LogP contribution in [-0.2, 0) is 4.84 Å². The lowest BCUT2D eigenvalue weighted by Gasteiger charge is -2.08. The van der Waals surface area contributed by atoms with E-state index in [-0.39, 0.29) is 6.61 Å². The van der Waals surface area contributed by atoms with Gasteiger partial charge in [-0.05, 0) is 19.4 Å². The summed E-state index contributed by atoms with van der Waals surface area (Å²) in [6.45, 7) is 6.20. The standard InChI is InChI=1S/C10H13N5O.C5H3ClN4.C5H9NO/c1-7(4-16)2-3-11-9-8-10(13-5-12-8)15-6-14-9;6-4-3-5(9-1-7-3)10-2-8-4;1-5-2-3-6-7-4-5/h2,5-6,16H,3-4H2,1H3,(H2,11,12,13,14,15);1-2H,(H,7,8,9,10);2,6H,3-4H2,1H3/b7-2-;;. The van der Waals surface area contributed by atoms with Gasteiger partial charge in [-0.1, -0.05) is 29.3 Å². The van der Waals surface area contributed by atoms with Crippen LogP contribution in [0.25, 0.3) is 22.3 Å². The van der Waals surface area contributed by atoms with E-state index in [1.54, 1.807) is 6.33 Å². The number of nitrogens with zero attached hydrogens (tertiary/aromatic N) is 6.